The maximum atomic E-state index is 13.3. The average molecular weight is 203 g/mol. The average Bonchev–Trinajstić information content (AvgIpc) is 2.71. The van der Waals surface area contributed by atoms with E-state index in [-0.39, 0.29) is 12.5 Å². The summed E-state index contributed by atoms with van der Waals surface area (Å²) in [4.78, 5) is 11.9. The van der Waals surface area contributed by atoms with Crippen molar-refractivity contribution < 1.29 is 19.4 Å². The van der Waals surface area contributed by atoms with E-state index in [1.807, 2.05) is 0 Å². The van der Waals surface area contributed by atoms with Gasteiger partial charge in [-0.25, -0.2) is 9.18 Å². The Morgan fingerprint density at radius 1 is 1.50 bits per heavy atom. The highest BCUT2D eigenvalue weighted by Gasteiger charge is 2.65. The van der Waals surface area contributed by atoms with Crippen LogP contribution >= 0.6 is 0 Å². The Hall–Kier alpha value is -0.840. The summed E-state index contributed by atoms with van der Waals surface area (Å²) in [7, 11) is 0. The van der Waals surface area contributed by atoms with Gasteiger partial charge in [0, 0.05) is 31.0 Å². The van der Waals surface area contributed by atoms with E-state index >= 15 is 0 Å². The third-order valence-electron chi connectivity index (χ3n) is 3.69. The number of aliphatic hydroxyl groups excluding tert-OH is 1. The van der Waals surface area contributed by atoms with Gasteiger partial charge in [0.25, 0.3) is 0 Å². The highest BCUT2D eigenvalue weighted by molar-refractivity contribution is 5.65. The zero-order valence-electron chi connectivity index (χ0n) is 7.82. The SMILES string of the molecule is O=C(O)N1CCC2(CC1)C(F)C2CO. The quantitative estimate of drug-likeness (QED) is 0.659. The van der Waals surface area contributed by atoms with E-state index in [4.69, 9.17) is 10.2 Å². The molecule has 14 heavy (non-hydrogen) atoms. The molecule has 0 radical (unpaired) electrons. The summed E-state index contributed by atoms with van der Waals surface area (Å²) in [5.41, 5.74) is -0.402. The first-order valence-corrected chi connectivity index (χ1v) is 4.84. The van der Waals surface area contributed by atoms with Crippen LogP contribution < -0.4 is 0 Å². The molecule has 2 rings (SSSR count). The first-order valence-electron chi connectivity index (χ1n) is 4.84. The van der Waals surface area contributed by atoms with Crippen LogP contribution in [0.25, 0.3) is 0 Å². The predicted molar refractivity (Wildman–Crippen MR) is 46.7 cm³/mol. The summed E-state index contributed by atoms with van der Waals surface area (Å²) in [6.45, 7) is 0.673. The molecule has 4 nitrogen and oxygen atoms in total. The summed E-state index contributed by atoms with van der Waals surface area (Å²) >= 11 is 0. The number of rotatable bonds is 1. The molecule has 2 unspecified atom stereocenters. The molecule has 2 N–H and O–H groups in total. The summed E-state index contributed by atoms with van der Waals surface area (Å²) in [5, 5.41) is 17.6. The van der Waals surface area contributed by atoms with Crippen LogP contribution in [0.2, 0.25) is 0 Å². The second kappa shape index (κ2) is 3.08. The van der Waals surface area contributed by atoms with Gasteiger partial charge in [0.05, 0.1) is 0 Å². The van der Waals surface area contributed by atoms with Crippen LogP contribution in [-0.2, 0) is 0 Å². The third kappa shape index (κ3) is 1.19. The number of nitrogens with zero attached hydrogens (tertiary/aromatic N) is 1. The van der Waals surface area contributed by atoms with Gasteiger partial charge in [-0.15, -0.1) is 0 Å². The van der Waals surface area contributed by atoms with Crippen molar-refractivity contribution in [1.29, 1.82) is 0 Å². The number of amides is 1. The summed E-state index contributed by atoms with van der Waals surface area (Å²) in [6, 6.07) is 0. The highest BCUT2D eigenvalue weighted by Crippen LogP contribution is 2.61. The van der Waals surface area contributed by atoms with Crippen LogP contribution in [0, 0.1) is 11.3 Å². The largest absolute Gasteiger partial charge is 0.465 e. The maximum absolute atomic E-state index is 13.3. The zero-order chi connectivity index (χ0) is 10.3. The smallest absolute Gasteiger partial charge is 0.407 e. The van der Waals surface area contributed by atoms with Crippen molar-refractivity contribution in [1.82, 2.24) is 4.90 Å². The molecule has 1 heterocycles. The van der Waals surface area contributed by atoms with Crippen molar-refractivity contribution in [3.63, 3.8) is 0 Å². The molecule has 1 spiro atoms. The van der Waals surface area contributed by atoms with Crippen molar-refractivity contribution in [2.75, 3.05) is 19.7 Å². The molecule has 2 aliphatic rings. The Labute approximate surface area is 81.3 Å². The van der Waals surface area contributed by atoms with E-state index in [0.717, 1.165) is 0 Å². The van der Waals surface area contributed by atoms with Crippen LogP contribution in [0.1, 0.15) is 12.8 Å². The van der Waals surface area contributed by atoms with Crippen LogP contribution in [0.3, 0.4) is 0 Å². The van der Waals surface area contributed by atoms with Crippen LogP contribution in [0.4, 0.5) is 9.18 Å². The minimum absolute atomic E-state index is 0.117. The molecule has 1 amide bonds. The second-order valence-electron chi connectivity index (χ2n) is 4.19. The molecule has 5 heteroatoms. The molecule has 1 aliphatic carbocycles. The molecule has 0 aromatic rings. The molecule has 0 bridgehead atoms. The van der Waals surface area contributed by atoms with Crippen LogP contribution in [0.5, 0.6) is 0 Å². The summed E-state index contributed by atoms with van der Waals surface area (Å²) in [5.74, 6) is -0.251. The summed E-state index contributed by atoms with van der Waals surface area (Å²) < 4.78 is 13.3. The molecular formula is C9H14FNO3. The first kappa shape index (κ1) is 9.71. The summed E-state index contributed by atoms with van der Waals surface area (Å²) in [6.07, 6.45) is -0.767. The minimum Gasteiger partial charge on any atom is -0.465 e. The topological polar surface area (TPSA) is 60.8 Å². The van der Waals surface area contributed by atoms with Gasteiger partial charge in [-0.1, -0.05) is 0 Å². The Kier molecular flexibility index (Phi) is 2.14. The number of carboxylic acid groups (broad SMARTS) is 1. The van der Waals surface area contributed by atoms with Crippen LogP contribution in [0.15, 0.2) is 0 Å². The van der Waals surface area contributed by atoms with E-state index < -0.39 is 17.7 Å². The van der Waals surface area contributed by atoms with Gasteiger partial charge in [0.1, 0.15) is 6.17 Å². The lowest BCUT2D eigenvalue weighted by atomic mass is 9.91. The second-order valence-corrected chi connectivity index (χ2v) is 4.19. The molecule has 2 fully saturated rings. The minimum atomic E-state index is -0.934. The molecule has 1 saturated heterocycles. The number of hydrogen-bond donors (Lipinski definition) is 2. The normalized spacial score (nSPS) is 34.6. The Balaban J connectivity index is 1.94. The lowest BCUT2D eigenvalue weighted by Gasteiger charge is -2.30. The van der Waals surface area contributed by atoms with E-state index in [1.54, 1.807) is 0 Å². The fraction of sp³-hybridized carbons (Fsp3) is 0.889. The van der Waals surface area contributed by atoms with Gasteiger partial charge < -0.3 is 15.1 Å². The number of hydrogen-bond acceptors (Lipinski definition) is 2. The Morgan fingerprint density at radius 3 is 2.43 bits per heavy atom. The van der Waals surface area contributed by atoms with Gasteiger partial charge in [-0.2, -0.15) is 0 Å². The Bertz CT molecular complexity index is 250. The lowest BCUT2D eigenvalue weighted by Crippen LogP contribution is -2.39. The molecule has 0 aromatic heterocycles. The molecular weight excluding hydrogens is 189 g/mol. The molecule has 80 valence electrons. The number of alkyl halides is 1. The van der Waals surface area contributed by atoms with E-state index in [2.05, 4.69) is 0 Å². The fourth-order valence-electron chi connectivity index (χ4n) is 2.56. The van der Waals surface area contributed by atoms with E-state index in [0.29, 0.717) is 25.9 Å². The molecule has 1 aliphatic heterocycles. The third-order valence-corrected chi connectivity index (χ3v) is 3.69. The van der Waals surface area contributed by atoms with E-state index in [1.165, 1.54) is 4.90 Å². The van der Waals surface area contributed by atoms with Gasteiger partial charge in [-0.3, -0.25) is 0 Å². The number of halogens is 1. The Morgan fingerprint density at radius 2 is 2.07 bits per heavy atom. The standard InChI is InChI=1S/C9H14FNO3/c10-7-6(5-12)9(7)1-3-11(4-2-9)8(13)14/h6-7,12H,1-5H2,(H,13,14). The maximum Gasteiger partial charge on any atom is 0.407 e. The van der Waals surface area contributed by atoms with Crippen molar-refractivity contribution in [3.05, 3.63) is 0 Å². The van der Waals surface area contributed by atoms with Gasteiger partial charge in [0.2, 0.25) is 0 Å². The number of likely N-dealkylation sites (tertiary alicyclic amines) is 1. The number of piperidine rings is 1. The predicted octanol–water partition coefficient (Wildman–Crippen LogP) is 0.707. The van der Waals surface area contributed by atoms with Gasteiger partial charge in [0.15, 0.2) is 0 Å². The van der Waals surface area contributed by atoms with Gasteiger partial charge in [-0.05, 0) is 12.8 Å². The van der Waals surface area contributed by atoms with Crippen molar-refractivity contribution in [3.8, 4) is 0 Å². The lowest BCUT2D eigenvalue weighted by molar-refractivity contribution is 0.109. The van der Waals surface area contributed by atoms with Crippen molar-refractivity contribution in [2.24, 2.45) is 11.3 Å². The fourth-order valence-corrected chi connectivity index (χ4v) is 2.56. The number of carbonyl (C=O) groups is 1. The molecule has 2 atom stereocenters. The molecule has 1 saturated carbocycles. The van der Waals surface area contributed by atoms with E-state index in [9.17, 15) is 9.18 Å². The monoisotopic (exact) mass is 203 g/mol. The van der Waals surface area contributed by atoms with Crippen LogP contribution in [-0.4, -0.2) is 47.1 Å². The van der Waals surface area contributed by atoms with Crippen molar-refractivity contribution in [2.45, 2.75) is 19.0 Å². The van der Waals surface area contributed by atoms with Gasteiger partial charge >= 0.3 is 6.09 Å². The zero-order valence-corrected chi connectivity index (χ0v) is 7.82. The first-order chi connectivity index (χ1) is 6.62. The molecule has 0 aromatic carbocycles. The highest BCUT2D eigenvalue weighted by atomic mass is 19.1. The number of aliphatic hydroxyl groups is 1. The van der Waals surface area contributed by atoms with Crippen molar-refractivity contribution >= 4 is 6.09 Å².